The first kappa shape index (κ1) is 17.5. The predicted octanol–water partition coefficient (Wildman–Crippen LogP) is 5.30. The SMILES string of the molecule is Fc1ccc(NC(=S)Nc2ccc(OC(F)(F)F)cc2)c(Br)c1. The molecule has 0 radical (unpaired) electrons. The Labute approximate surface area is 142 Å². The molecule has 0 fully saturated rings. The summed E-state index contributed by atoms with van der Waals surface area (Å²) in [5.41, 5.74) is 1.01. The van der Waals surface area contributed by atoms with Gasteiger partial charge in [0.2, 0.25) is 0 Å². The van der Waals surface area contributed by atoms with Crippen molar-refractivity contribution in [2.45, 2.75) is 6.36 Å². The molecule has 0 saturated carbocycles. The Morgan fingerprint density at radius 2 is 1.70 bits per heavy atom. The average Bonchev–Trinajstić information content (AvgIpc) is 2.42. The molecule has 2 aromatic carbocycles. The van der Waals surface area contributed by atoms with E-state index in [1.807, 2.05) is 0 Å². The van der Waals surface area contributed by atoms with Crippen LogP contribution in [0.15, 0.2) is 46.9 Å². The van der Waals surface area contributed by atoms with Gasteiger partial charge in [0.25, 0.3) is 0 Å². The van der Waals surface area contributed by atoms with Crippen LogP contribution in [-0.2, 0) is 0 Å². The van der Waals surface area contributed by atoms with Crippen molar-refractivity contribution in [3.8, 4) is 5.75 Å². The minimum absolute atomic E-state index is 0.196. The molecule has 0 atom stereocenters. The average molecular weight is 409 g/mol. The van der Waals surface area contributed by atoms with E-state index in [-0.39, 0.29) is 10.9 Å². The fourth-order valence-corrected chi connectivity index (χ4v) is 2.29. The van der Waals surface area contributed by atoms with Crippen LogP contribution in [0.5, 0.6) is 5.75 Å². The second-order valence-corrected chi connectivity index (χ2v) is 5.54. The van der Waals surface area contributed by atoms with Gasteiger partial charge in [0, 0.05) is 10.2 Å². The van der Waals surface area contributed by atoms with Crippen LogP contribution in [0, 0.1) is 5.82 Å². The molecule has 2 aromatic rings. The first-order chi connectivity index (χ1) is 10.7. The molecule has 0 spiro atoms. The number of thiocarbonyl (C=S) groups is 1. The molecule has 9 heteroatoms. The summed E-state index contributed by atoms with van der Waals surface area (Å²) >= 11 is 8.27. The highest BCUT2D eigenvalue weighted by Crippen LogP contribution is 2.25. The Kier molecular flexibility index (Phi) is 5.42. The number of hydrogen-bond donors (Lipinski definition) is 2. The van der Waals surface area contributed by atoms with Crippen LogP contribution >= 0.6 is 28.1 Å². The number of halogens is 5. The van der Waals surface area contributed by atoms with Gasteiger partial charge in [-0.15, -0.1) is 13.2 Å². The molecule has 23 heavy (non-hydrogen) atoms. The molecule has 2 N–H and O–H groups in total. The first-order valence-corrected chi connectivity index (χ1v) is 7.32. The second-order valence-electron chi connectivity index (χ2n) is 4.28. The van der Waals surface area contributed by atoms with Crippen molar-refractivity contribution in [1.82, 2.24) is 0 Å². The predicted molar refractivity (Wildman–Crippen MR) is 87.1 cm³/mol. The van der Waals surface area contributed by atoms with E-state index in [9.17, 15) is 17.6 Å². The third-order valence-corrected chi connectivity index (χ3v) is 3.39. The molecule has 0 unspecified atom stereocenters. The van der Waals surface area contributed by atoms with Crippen molar-refractivity contribution in [2.75, 3.05) is 10.6 Å². The van der Waals surface area contributed by atoms with E-state index in [0.29, 0.717) is 15.8 Å². The molecule has 2 rings (SSSR count). The van der Waals surface area contributed by atoms with Crippen molar-refractivity contribution < 1.29 is 22.3 Å². The zero-order chi connectivity index (χ0) is 17.0. The smallest absolute Gasteiger partial charge is 0.406 e. The van der Waals surface area contributed by atoms with Crippen molar-refractivity contribution in [3.05, 3.63) is 52.8 Å². The number of benzene rings is 2. The standard InChI is InChI=1S/C14H9BrF4N2OS/c15-11-7-8(16)1-6-12(11)21-13(23)20-9-2-4-10(5-3-9)22-14(17,18)19/h1-7H,(H2,20,21,23). The monoisotopic (exact) mass is 408 g/mol. The summed E-state index contributed by atoms with van der Waals surface area (Å²) in [5.74, 6) is -0.732. The lowest BCUT2D eigenvalue weighted by Crippen LogP contribution is -2.19. The Hall–Kier alpha value is -1.87. The van der Waals surface area contributed by atoms with Gasteiger partial charge >= 0.3 is 6.36 Å². The maximum atomic E-state index is 13.0. The number of nitrogens with one attached hydrogen (secondary N) is 2. The minimum Gasteiger partial charge on any atom is -0.406 e. The molecule has 0 aromatic heterocycles. The summed E-state index contributed by atoms with van der Waals surface area (Å²) < 4.78 is 53.4. The Balaban J connectivity index is 1.97. The van der Waals surface area contributed by atoms with Crippen LogP contribution < -0.4 is 15.4 Å². The third kappa shape index (κ3) is 5.68. The fourth-order valence-electron chi connectivity index (χ4n) is 1.62. The van der Waals surface area contributed by atoms with E-state index in [1.165, 1.54) is 30.3 Å². The second kappa shape index (κ2) is 7.14. The summed E-state index contributed by atoms with van der Waals surface area (Å²) in [6.07, 6.45) is -4.74. The molecular weight excluding hydrogens is 400 g/mol. The molecule has 0 saturated heterocycles. The number of ether oxygens (including phenoxy) is 1. The number of alkyl halides is 3. The van der Waals surface area contributed by atoms with E-state index in [0.717, 1.165) is 12.1 Å². The summed E-state index contributed by atoms with van der Waals surface area (Å²) in [5, 5.41) is 5.82. The third-order valence-electron chi connectivity index (χ3n) is 2.53. The lowest BCUT2D eigenvalue weighted by Gasteiger charge is -2.13. The highest BCUT2D eigenvalue weighted by Gasteiger charge is 2.30. The van der Waals surface area contributed by atoms with Crippen LogP contribution in [0.3, 0.4) is 0 Å². The van der Waals surface area contributed by atoms with Crippen molar-refractivity contribution in [2.24, 2.45) is 0 Å². The van der Waals surface area contributed by atoms with Crippen LogP contribution in [0.2, 0.25) is 0 Å². The minimum atomic E-state index is -4.74. The number of hydrogen-bond acceptors (Lipinski definition) is 2. The molecule has 0 heterocycles. The van der Waals surface area contributed by atoms with Gasteiger partial charge in [0.15, 0.2) is 5.11 Å². The Morgan fingerprint density at radius 3 is 2.26 bits per heavy atom. The zero-order valence-electron chi connectivity index (χ0n) is 11.2. The van der Waals surface area contributed by atoms with Crippen LogP contribution in [0.25, 0.3) is 0 Å². The summed E-state index contributed by atoms with van der Waals surface area (Å²) in [7, 11) is 0. The van der Waals surface area contributed by atoms with Crippen molar-refractivity contribution >= 4 is 44.6 Å². The summed E-state index contributed by atoms with van der Waals surface area (Å²) in [6.45, 7) is 0. The van der Waals surface area contributed by atoms with Gasteiger partial charge in [-0.3, -0.25) is 0 Å². The Bertz CT molecular complexity index is 707. The van der Waals surface area contributed by atoms with Crippen LogP contribution in [0.4, 0.5) is 28.9 Å². The molecule has 0 amide bonds. The quantitative estimate of drug-likeness (QED) is 0.533. The van der Waals surface area contributed by atoms with E-state index in [2.05, 4.69) is 31.3 Å². The fraction of sp³-hybridized carbons (Fsp3) is 0.0714. The van der Waals surface area contributed by atoms with Gasteiger partial charge < -0.3 is 15.4 Å². The number of rotatable bonds is 3. The van der Waals surface area contributed by atoms with E-state index in [4.69, 9.17) is 12.2 Å². The zero-order valence-corrected chi connectivity index (χ0v) is 13.7. The highest BCUT2D eigenvalue weighted by molar-refractivity contribution is 9.10. The summed E-state index contributed by atoms with van der Waals surface area (Å²) in [6, 6.07) is 9.11. The first-order valence-electron chi connectivity index (χ1n) is 6.12. The molecule has 0 aliphatic heterocycles. The molecule has 0 bridgehead atoms. The van der Waals surface area contributed by atoms with Gasteiger partial charge in [-0.25, -0.2) is 4.39 Å². The van der Waals surface area contributed by atoms with E-state index in [1.54, 1.807) is 0 Å². The van der Waals surface area contributed by atoms with E-state index < -0.39 is 12.2 Å². The van der Waals surface area contributed by atoms with Gasteiger partial charge in [-0.1, -0.05) is 0 Å². The maximum Gasteiger partial charge on any atom is 0.573 e. The largest absolute Gasteiger partial charge is 0.573 e. The van der Waals surface area contributed by atoms with E-state index >= 15 is 0 Å². The molecule has 122 valence electrons. The molecule has 0 aliphatic rings. The normalized spacial score (nSPS) is 11.0. The van der Waals surface area contributed by atoms with Crippen LogP contribution in [-0.4, -0.2) is 11.5 Å². The summed E-state index contributed by atoms with van der Waals surface area (Å²) in [4.78, 5) is 0. The maximum absolute atomic E-state index is 13.0. The Morgan fingerprint density at radius 1 is 1.04 bits per heavy atom. The lowest BCUT2D eigenvalue weighted by molar-refractivity contribution is -0.274. The molecular formula is C14H9BrF4N2OS. The van der Waals surface area contributed by atoms with Crippen molar-refractivity contribution in [3.63, 3.8) is 0 Å². The van der Waals surface area contributed by atoms with Crippen molar-refractivity contribution in [1.29, 1.82) is 0 Å². The van der Waals surface area contributed by atoms with Gasteiger partial charge in [-0.05, 0) is 70.6 Å². The van der Waals surface area contributed by atoms with Gasteiger partial charge in [0.05, 0.1) is 5.69 Å². The molecule has 0 aliphatic carbocycles. The van der Waals surface area contributed by atoms with Crippen LogP contribution in [0.1, 0.15) is 0 Å². The highest BCUT2D eigenvalue weighted by atomic mass is 79.9. The topological polar surface area (TPSA) is 33.3 Å². The molecule has 3 nitrogen and oxygen atoms in total. The number of anilines is 2. The lowest BCUT2D eigenvalue weighted by atomic mass is 10.3. The van der Waals surface area contributed by atoms with Gasteiger partial charge in [0.1, 0.15) is 11.6 Å². The van der Waals surface area contributed by atoms with Gasteiger partial charge in [-0.2, -0.15) is 0 Å².